The first-order chi connectivity index (χ1) is 14.5. The molecule has 0 aliphatic carbocycles. The van der Waals surface area contributed by atoms with E-state index in [0.717, 1.165) is 49.5 Å². The Morgan fingerprint density at radius 1 is 1.13 bits per heavy atom. The van der Waals surface area contributed by atoms with Crippen LogP contribution in [0, 0.1) is 5.92 Å². The Morgan fingerprint density at radius 3 is 2.63 bits per heavy atom. The molecule has 0 bridgehead atoms. The van der Waals surface area contributed by atoms with Crippen LogP contribution in [-0.2, 0) is 16.6 Å². The van der Waals surface area contributed by atoms with E-state index in [9.17, 15) is 8.42 Å². The van der Waals surface area contributed by atoms with E-state index in [4.69, 9.17) is 14.2 Å². The first-order valence-electron chi connectivity index (χ1n) is 10.1. The minimum absolute atomic E-state index is 0.225. The number of ether oxygens (including phenoxy) is 3. The molecule has 1 unspecified atom stereocenters. The van der Waals surface area contributed by atoms with Crippen molar-refractivity contribution in [3.8, 4) is 17.2 Å². The highest BCUT2D eigenvalue weighted by Gasteiger charge is 2.35. The second-order valence-electron chi connectivity index (χ2n) is 7.87. The van der Waals surface area contributed by atoms with Gasteiger partial charge in [0.25, 0.3) is 0 Å². The van der Waals surface area contributed by atoms with Gasteiger partial charge in [-0.1, -0.05) is 12.1 Å². The zero-order valence-corrected chi connectivity index (χ0v) is 17.6. The third kappa shape index (κ3) is 3.57. The molecular formula is C21H25N3O5S. The zero-order valence-electron chi connectivity index (χ0n) is 16.8. The molecule has 3 heterocycles. The molecule has 2 aromatic carbocycles. The Labute approximate surface area is 176 Å². The van der Waals surface area contributed by atoms with Gasteiger partial charge in [0, 0.05) is 18.2 Å². The van der Waals surface area contributed by atoms with Gasteiger partial charge in [0.05, 0.1) is 19.0 Å². The summed E-state index contributed by atoms with van der Waals surface area (Å²) < 4.78 is 44.5. The molecule has 0 amide bonds. The van der Waals surface area contributed by atoms with E-state index in [1.807, 2.05) is 24.3 Å². The summed E-state index contributed by atoms with van der Waals surface area (Å²) in [7, 11) is -1.83. The number of benzene rings is 2. The number of nitrogens with one attached hydrogen (secondary N) is 2. The van der Waals surface area contributed by atoms with Gasteiger partial charge in [-0.2, -0.15) is 4.72 Å². The highest BCUT2D eigenvalue weighted by molar-refractivity contribution is 7.89. The van der Waals surface area contributed by atoms with Gasteiger partial charge in [0.2, 0.25) is 16.8 Å². The molecule has 160 valence electrons. The van der Waals surface area contributed by atoms with Crippen molar-refractivity contribution in [3.05, 3.63) is 42.0 Å². The van der Waals surface area contributed by atoms with Crippen LogP contribution in [0.2, 0.25) is 0 Å². The van der Waals surface area contributed by atoms with Crippen LogP contribution in [0.5, 0.6) is 17.2 Å². The maximum atomic E-state index is 12.6. The van der Waals surface area contributed by atoms with Crippen molar-refractivity contribution < 1.29 is 22.6 Å². The predicted octanol–water partition coefficient (Wildman–Crippen LogP) is 2.37. The van der Waals surface area contributed by atoms with E-state index >= 15 is 0 Å². The number of para-hydroxylation sites is 1. The van der Waals surface area contributed by atoms with E-state index in [1.165, 1.54) is 0 Å². The molecular weight excluding hydrogens is 406 g/mol. The van der Waals surface area contributed by atoms with Crippen LogP contribution in [0.4, 0.5) is 5.69 Å². The Morgan fingerprint density at radius 2 is 1.87 bits per heavy atom. The van der Waals surface area contributed by atoms with Crippen molar-refractivity contribution in [1.29, 1.82) is 0 Å². The summed E-state index contributed by atoms with van der Waals surface area (Å²) in [6, 6.07) is 10.9. The summed E-state index contributed by atoms with van der Waals surface area (Å²) in [5.74, 6) is 2.48. The van der Waals surface area contributed by atoms with E-state index in [1.54, 1.807) is 19.2 Å². The lowest BCUT2D eigenvalue weighted by molar-refractivity contribution is 0.162. The van der Waals surface area contributed by atoms with Crippen LogP contribution < -0.4 is 24.2 Å². The lowest BCUT2D eigenvalue weighted by atomic mass is 9.93. The average Bonchev–Trinajstić information content (AvgIpc) is 3.20. The fraction of sp³-hybridized carbons (Fsp3) is 0.429. The Kier molecular flexibility index (Phi) is 4.96. The normalized spacial score (nSPS) is 22.9. The van der Waals surface area contributed by atoms with Crippen molar-refractivity contribution in [1.82, 2.24) is 9.62 Å². The van der Waals surface area contributed by atoms with Crippen molar-refractivity contribution in [3.63, 3.8) is 0 Å². The van der Waals surface area contributed by atoms with E-state index < -0.39 is 10.0 Å². The second-order valence-corrected chi connectivity index (χ2v) is 9.55. The number of rotatable bonds is 4. The number of anilines is 1. The molecule has 1 saturated heterocycles. The zero-order chi connectivity index (χ0) is 20.7. The summed E-state index contributed by atoms with van der Waals surface area (Å²) in [4.78, 5) is 2.68. The molecule has 0 saturated carbocycles. The largest absolute Gasteiger partial charge is 0.496 e. The summed E-state index contributed by atoms with van der Waals surface area (Å²) in [6.07, 6.45) is 1.51. The van der Waals surface area contributed by atoms with Crippen molar-refractivity contribution in [2.45, 2.75) is 30.4 Å². The molecule has 0 radical (unpaired) electrons. The molecule has 2 aromatic rings. The number of likely N-dealkylation sites (tertiary alicyclic amines) is 1. The molecule has 0 spiro atoms. The highest BCUT2D eigenvalue weighted by Crippen LogP contribution is 2.39. The van der Waals surface area contributed by atoms with Gasteiger partial charge in [-0.25, -0.2) is 8.42 Å². The lowest BCUT2D eigenvalue weighted by Gasteiger charge is -2.39. The van der Waals surface area contributed by atoms with Crippen molar-refractivity contribution in [2.24, 2.45) is 5.92 Å². The summed E-state index contributed by atoms with van der Waals surface area (Å²) in [5.41, 5.74) is 1.74. The van der Waals surface area contributed by atoms with E-state index in [2.05, 4.69) is 14.9 Å². The second kappa shape index (κ2) is 7.64. The molecule has 3 aliphatic heterocycles. The number of hydrogen-bond acceptors (Lipinski definition) is 7. The van der Waals surface area contributed by atoms with E-state index in [-0.39, 0.29) is 18.9 Å². The molecule has 1 fully saturated rings. The van der Waals surface area contributed by atoms with Crippen LogP contribution in [0.25, 0.3) is 0 Å². The molecule has 30 heavy (non-hydrogen) atoms. The first-order valence-corrected chi connectivity index (χ1v) is 11.6. The van der Waals surface area contributed by atoms with Gasteiger partial charge in [-0.3, -0.25) is 4.90 Å². The number of methoxy groups -OCH3 is 1. The summed E-state index contributed by atoms with van der Waals surface area (Å²) >= 11 is 0. The van der Waals surface area contributed by atoms with Crippen LogP contribution in [0.3, 0.4) is 0 Å². The standard InChI is InChI=1S/C21H25N3O5S/c1-27-17-11-19-18(28-13-29-19)10-15(17)12-24-8-6-14(7-9-24)21-22-16-4-2-3-5-20(16)30(25,26)23-21/h2-5,10-11,14,21-23H,6-9,12-13H2,1H3. The van der Waals surface area contributed by atoms with Gasteiger partial charge in [0.1, 0.15) is 10.6 Å². The number of fused-ring (bicyclic) bond motifs is 2. The Bertz CT molecular complexity index is 1050. The minimum atomic E-state index is -3.49. The number of sulfonamides is 1. The number of piperidine rings is 1. The molecule has 5 rings (SSSR count). The van der Waals surface area contributed by atoms with E-state index in [0.29, 0.717) is 16.3 Å². The van der Waals surface area contributed by atoms with Crippen molar-refractivity contribution >= 4 is 15.7 Å². The van der Waals surface area contributed by atoms with Gasteiger partial charge in [-0.15, -0.1) is 0 Å². The van der Waals surface area contributed by atoms with Gasteiger partial charge >= 0.3 is 0 Å². The lowest BCUT2D eigenvalue weighted by Crippen LogP contribution is -2.51. The molecule has 9 heteroatoms. The van der Waals surface area contributed by atoms with Crippen LogP contribution in [0.1, 0.15) is 18.4 Å². The molecule has 2 N–H and O–H groups in total. The fourth-order valence-corrected chi connectivity index (χ4v) is 5.81. The van der Waals surface area contributed by atoms with Crippen LogP contribution in [-0.4, -0.2) is 46.5 Å². The third-order valence-corrected chi connectivity index (χ3v) is 7.54. The summed E-state index contributed by atoms with van der Waals surface area (Å²) in [5, 5.41) is 3.37. The number of hydrogen-bond donors (Lipinski definition) is 2. The third-order valence-electron chi connectivity index (χ3n) is 6.04. The van der Waals surface area contributed by atoms with Crippen LogP contribution in [0.15, 0.2) is 41.3 Å². The van der Waals surface area contributed by atoms with Crippen LogP contribution >= 0.6 is 0 Å². The summed E-state index contributed by atoms with van der Waals surface area (Å²) in [6.45, 7) is 2.74. The number of nitrogens with zero attached hydrogens (tertiary/aromatic N) is 1. The van der Waals surface area contributed by atoms with Gasteiger partial charge in [0.15, 0.2) is 11.5 Å². The highest BCUT2D eigenvalue weighted by atomic mass is 32.2. The molecule has 3 aliphatic rings. The molecule has 8 nitrogen and oxygen atoms in total. The minimum Gasteiger partial charge on any atom is -0.496 e. The topological polar surface area (TPSA) is 89.1 Å². The predicted molar refractivity (Wildman–Crippen MR) is 111 cm³/mol. The SMILES string of the molecule is COc1cc2c(cc1CN1CCC(C3Nc4ccccc4S(=O)(=O)N3)CC1)OCO2. The van der Waals surface area contributed by atoms with Crippen molar-refractivity contribution in [2.75, 3.05) is 32.3 Å². The Hall–Kier alpha value is -2.49. The molecule has 0 aromatic heterocycles. The average molecular weight is 432 g/mol. The fourth-order valence-electron chi connectivity index (χ4n) is 4.43. The van der Waals surface area contributed by atoms with Gasteiger partial charge < -0.3 is 19.5 Å². The molecule has 1 atom stereocenters. The van der Waals surface area contributed by atoms with Gasteiger partial charge in [-0.05, 0) is 50.0 Å². The monoisotopic (exact) mass is 431 g/mol. The first kappa shape index (κ1) is 19.5. The maximum absolute atomic E-state index is 12.6. The Balaban J connectivity index is 1.25. The maximum Gasteiger partial charge on any atom is 0.244 e. The smallest absolute Gasteiger partial charge is 0.244 e. The quantitative estimate of drug-likeness (QED) is 0.768.